The number of hydrogen-bond donors (Lipinski definition) is 1. The number of amides is 2. The van der Waals surface area contributed by atoms with E-state index >= 15 is 0 Å². The number of nitrogens with zero attached hydrogens (tertiary/aromatic N) is 1. The summed E-state index contributed by atoms with van der Waals surface area (Å²) in [6.07, 6.45) is 0.798. The van der Waals surface area contributed by atoms with Crippen molar-refractivity contribution in [3.05, 3.63) is 64.1 Å². The molecular formula is C22H26Cl2N2O3. The molecule has 2 rings (SSSR count). The summed E-state index contributed by atoms with van der Waals surface area (Å²) in [5.74, 6) is -0.147. The molecule has 5 nitrogen and oxygen atoms in total. The van der Waals surface area contributed by atoms with E-state index in [-0.39, 0.29) is 31.0 Å². The van der Waals surface area contributed by atoms with Gasteiger partial charge in [-0.25, -0.2) is 0 Å². The van der Waals surface area contributed by atoms with Crippen molar-refractivity contribution < 1.29 is 14.3 Å². The Kier molecular flexibility index (Phi) is 8.80. The van der Waals surface area contributed by atoms with Crippen LogP contribution in [0.3, 0.4) is 0 Å². The van der Waals surface area contributed by atoms with Gasteiger partial charge in [-0.15, -0.1) is 0 Å². The number of benzene rings is 2. The third kappa shape index (κ3) is 6.65. The molecule has 0 heterocycles. The quantitative estimate of drug-likeness (QED) is 0.619. The Labute approximate surface area is 181 Å². The highest BCUT2D eigenvalue weighted by Gasteiger charge is 2.27. The van der Waals surface area contributed by atoms with Gasteiger partial charge in [0, 0.05) is 17.6 Å². The number of ether oxygens (including phenoxy) is 1. The molecule has 0 saturated heterocycles. The zero-order valence-corrected chi connectivity index (χ0v) is 18.3. The Balaban J connectivity index is 2.18. The molecule has 29 heavy (non-hydrogen) atoms. The van der Waals surface area contributed by atoms with E-state index in [9.17, 15) is 9.59 Å². The molecule has 2 atom stereocenters. The number of carbonyl (C=O) groups excluding carboxylic acids is 2. The van der Waals surface area contributed by atoms with E-state index in [0.29, 0.717) is 15.8 Å². The second-order valence-electron chi connectivity index (χ2n) is 6.83. The normalized spacial score (nSPS) is 12.7. The van der Waals surface area contributed by atoms with Gasteiger partial charge in [0.05, 0.1) is 5.02 Å². The van der Waals surface area contributed by atoms with Crippen LogP contribution in [0.2, 0.25) is 10.0 Å². The van der Waals surface area contributed by atoms with Crippen LogP contribution in [0, 0.1) is 0 Å². The van der Waals surface area contributed by atoms with Gasteiger partial charge in [-0.05, 0) is 44.0 Å². The summed E-state index contributed by atoms with van der Waals surface area (Å²) in [5, 5.41) is 3.87. The molecule has 0 saturated carbocycles. The first-order valence-electron chi connectivity index (χ1n) is 9.54. The van der Waals surface area contributed by atoms with Crippen molar-refractivity contribution in [2.24, 2.45) is 0 Å². The van der Waals surface area contributed by atoms with Crippen molar-refractivity contribution in [3.8, 4) is 5.75 Å². The molecule has 0 aliphatic heterocycles. The molecule has 1 N–H and O–H groups in total. The van der Waals surface area contributed by atoms with Crippen LogP contribution in [-0.4, -0.2) is 35.4 Å². The lowest BCUT2D eigenvalue weighted by Crippen LogP contribution is -2.50. The van der Waals surface area contributed by atoms with Crippen LogP contribution in [0.25, 0.3) is 0 Å². The van der Waals surface area contributed by atoms with Gasteiger partial charge in [0.2, 0.25) is 5.91 Å². The van der Waals surface area contributed by atoms with Crippen LogP contribution in [0.1, 0.15) is 32.8 Å². The van der Waals surface area contributed by atoms with Crippen molar-refractivity contribution >= 4 is 35.0 Å². The summed E-state index contributed by atoms with van der Waals surface area (Å²) < 4.78 is 5.59. The second kappa shape index (κ2) is 11.1. The Hall–Kier alpha value is -2.24. The van der Waals surface area contributed by atoms with E-state index < -0.39 is 6.04 Å². The van der Waals surface area contributed by atoms with Gasteiger partial charge >= 0.3 is 0 Å². The highest BCUT2D eigenvalue weighted by molar-refractivity contribution is 6.32. The number of halogens is 2. The summed E-state index contributed by atoms with van der Waals surface area (Å²) in [6, 6.07) is 13.5. The van der Waals surface area contributed by atoms with Crippen LogP contribution in [0.15, 0.2) is 48.5 Å². The average Bonchev–Trinajstić information content (AvgIpc) is 2.71. The summed E-state index contributed by atoms with van der Waals surface area (Å²) in [6.45, 7) is 5.56. The largest absolute Gasteiger partial charge is 0.482 e. The maximum Gasteiger partial charge on any atom is 0.261 e. The fraction of sp³-hybridized carbons (Fsp3) is 0.364. The van der Waals surface area contributed by atoms with Gasteiger partial charge in [0.1, 0.15) is 11.8 Å². The number of hydrogen-bond acceptors (Lipinski definition) is 3. The minimum atomic E-state index is -0.692. The topological polar surface area (TPSA) is 58.6 Å². The van der Waals surface area contributed by atoms with Crippen LogP contribution >= 0.6 is 23.2 Å². The summed E-state index contributed by atoms with van der Waals surface area (Å²) in [5.41, 5.74) is 0.753. The molecule has 2 unspecified atom stereocenters. The Morgan fingerprint density at radius 2 is 1.66 bits per heavy atom. The number of rotatable bonds is 9. The van der Waals surface area contributed by atoms with E-state index in [0.717, 1.165) is 12.0 Å². The van der Waals surface area contributed by atoms with Crippen LogP contribution in [0.4, 0.5) is 0 Å². The third-order valence-electron chi connectivity index (χ3n) is 4.65. The van der Waals surface area contributed by atoms with Gasteiger partial charge in [-0.3, -0.25) is 9.59 Å². The Bertz CT molecular complexity index is 844. The predicted octanol–water partition coefficient (Wildman–Crippen LogP) is 4.70. The van der Waals surface area contributed by atoms with Crippen molar-refractivity contribution in [1.82, 2.24) is 10.2 Å². The molecular weight excluding hydrogens is 411 g/mol. The number of nitrogens with one attached hydrogen (secondary N) is 1. The van der Waals surface area contributed by atoms with Crippen molar-refractivity contribution in [2.45, 2.75) is 45.8 Å². The molecule has 0 spiro atoms. The molecule has 0 fully saturated rings. The van der Waals surface area contributed by atoms with Gasteiger partial charge < -0.3 is 15.0 Å². The molecule has 0 aliphatic carbocycles. The van der Waals surface area contributed by atoms with Gasteiger partial charge in [-0.2, -0.15) is 0 Å². The highest BCUT2D eigenvalue weighted by Crippen LogP contribution is 2.24. The first-order valence-corrected chi connectivity index (χ1v) is 10.3. The highest BCUT2D eigenvalue weighted by atomic mass is 35.5. The standard InChI is InChI=1S/C22H26Cl2N2O3/c1-4-15(2)25-22(28)16(3)26(13-17-9-5-6-10-18(17)23)21(27)14-29-20-12-8-7-11-19(20)24/h5-12,15-16H,4,13-14H2,1-3H3,(H,25,28). The van der Waals surface area contributed by atoms with E-state index in [1.54, 1.807) is 37.3 Å². The van der Waals surface area contributed by atoms with Gasteiger partial charge in [0.15, 0.2) is 6.61 Å². The first kappa shape index (κ1) is 23.0. The Morgan fingerprint density at radius 3 is 2.28 bits per heavy atom. The van der Waals surface area contributed by atoms with Crippen molar-refractivity contribution in [1.29, 1.82) is 0 Å². The molecule has 7 heteroatoms. The summed E-state index contributed by atoms with van der Waals surface area (Å²) in [7, 11) is 0. The summed E-state index contributed by atoms with van der Waals surface area (Å²) >= 11 is 12.4. The van der Waals surface area contributed by atoms with E-state index in [1.807, 2.05) is 32.0 Å². The third-order valence-corrected chi connectivity index (χ3v) is 5.34. The van der Waals surface area contributed by atoms with Crippen LogP contribution in [0.5, 0.6) is 5.75 Å². The maximum absolute atomic E-state index is 13.0. The first-order chi connectivity index (χ1) is 13.8. The molecule has 0 radical (unpaired) electrons. The van der Waals surface area contributed by atoms with Gasteiger partial charge in [-0.1, -0.05) is 60.5 Å². The Morgan fingerprint density at radius 1 is 1.03 bits per heavy atom. The number of carbonyl (C=O) groups is 2. The molecule has 2 aromatic carbocycles. The molecule has 2 aromatic rings. The smallest absolute Gasteiger partial charge is 0.261 e. The van der Waals surface area contributed by atoms with E-state index in [4.69, 9.17) is 27.9 Å². The van der Waals surface area contributed by atoms with Gasteiger partial charge in [0.25, 0.3) is 5.91 Å². The van der Waals surface area contributed by atoms with Crippen molar-refractivity contribution in [3.63, 3.8) is 0 Å². The molecule has 156 valence electrons. The van der Waals surface area contributed by atoms with Crippen LogP contribution in [-0.2, 0) is 16.1 Å². The average molecular weight is 437 g/mol. The monoisotopic (exact) mass is 436 g/mol. The van der Waals surface area contributed by atoms with Crippen LogP contribution < -0.4 is 10.1 Å². The molecule has 0 bridgehead atoms. The zero-order chi connectivity index (χ0) is 21.4. The predicted molar refractivity (Wildman–Crippen MR) is 116 cm³/mol. The molecule has 0 aliphatic rings. The van der Waals surface area contributed by atoms with E-state index in [2.05, 4.69) is 5.32 Å². The minimum absolute atomic E-state index is 0.0154. The lowest BCUT2D eigenvalue weighted by atomic mass is 10.1. The fourth-order valence-corrected chi connectivity index (χ4v) is 3.03. The molecule has 2 amide bonds. The lowest BCUT2D eigenvalue weighted by Gasteiger charge is -2.30. The maximum atomic E-state index is 13.0. The minimum Gasteiger partial charge on any atom is -0.482 e. The zero-order valence-electron chi connectivity index (χ0n) is 16.8. The SMILES string of the molecule is CCC(C)NC(=O)C(C)N(Cc1ccccc1Cl)C(=O)COc1ccccc1Cl. The lowest BCUT2D eigenvalue weighted by molar-refractivity contribution is -0.142. The number of para-hydroxylation sites is 1. The summed E-state index contributed by atoms with van der Waals surface area (Å²) in [4.78, 5) is 27.1. The van der Waals surface area contributed by atoms with E-state index in [1.165, 1.54) is 4.90 Å². The molecule has 0 aromatic heterocycles. The second-order valence-corrected chi connectivity index (χ2v) is 7.64. The van der Waals surface area contributed by atoms with Crippen molar-refractivity contribution in [2.75, 3.05) is 6.61 Å². The fourth-order valence-electron chi connectivity index (χ4n) is 2.64.